The van der Waals surface area contributed by atoms with Crippen molar-refractivity contribution in [3.63, 3.8) is 0 Å². The van der Waals surface area contributed by atoms with E-state index in [1.54, 1.807) is 18.2 Å². The van der Waals surface area contributed by atoms with Crippen LogP contribution < -0.4 is 26.2 Å². The van der Waals surface area contributed by atoms with Crippen LogP contribution in [-0.4, -0.2) is 40.7 Å². The first-order chi connectivity index (χ1) is 11.0. The molecule has 2 rings (SSSR count). The highest BCUT2D eigenvalue weighted by molar-refractivity contribution is 5.90. The standard InChI is InChI=1S/C13H15N5O5/c1-22-9-4-7(2-3-8(9)23-6-10(14)19)5-15-12(20)11-16-13(21)18-17-11/h2-4H,5-6H2,1H3,(H2,14,19)(H,15,20)(H2,16,17,18,21). The minimum Gasteiger partial charge on any atom is -0.493 e. The molecular weight excluding hydrogens is 306 g/mol. The number of H-pyrrole nitrogens is 2. The Morgan fingerprint density at radius 3 is 2.74 bits per heavy atom. The fraction of sp³-hybridized carbons (Fsp3) is 0.231. The lowest BCUT2D eigenvalue weighted by molar-refractivity contribution is -0.119. The number of ether oxygens (including phenoxy) is 2. The molecule has 0 fully saturated rings. The lowest BCUT2D eigenvalue weighted by atomic mass is 10.2. The van der Waals surface area contributed by atoms with Gasteiger partial charge in [0.2, 0.25) is 5.82 Å². The van der Waals surface area contributed by atoms with Gasteiger partial charge in [0.15, 0.2) is 18.1 Å². The molecule has 10 nitrogen and oxygen atoms in total. The molecule has 5 N–H and O–H groups in total. The zero-order chi connectivity index (χ0) is 16.8. The van der Waals surface area contributed by atoms with Crippen molar-refractivity contribution >= 4 is 11.8 Å². The van der Waals surface area contributed by atoms with Crippen LogP contribution in [0, 0.1) is 0 Å². The van der Waals surface area contributed by atoms with Crippen molar-refractivity contribution in [3.05, 3.63) is 40.1 Å². The van der Waals surface area contributed by atoms with Crippen LogP contribution >= 0.6 is 0 Å². The number of amides is 2. The summed E-state index contributed by atoms with van der Waals surface area (Å²) in [6.07, 6.45) is 0. The number of nitrogens with one attached hydrogen (secondary N) is 3. The highest BCUT2D eigenvalue weighted by Crippen LogP contribution is 2.27. The topological polar surface area (TPSA) is 152 Å². The first-order valence-corrected chi connectivity index (χ1v) is 6.50. The molecule has 0 atom stereocenters. The van der Waals surface area contributed by atoms with Gasteiger partial charge >= 0.3 is 5.69 Å². The third-order valence-electron chi connectivity index (χ3n) is 2.77. The van der Waals surface area contributed by atoms with Crippen LogP contribution in [0.15, 0.2) is 23.0 Å². The van der Waals surface area contributed by atoms with Gasteiger partial charge in [0.05, 0.1) is 7.11 Å². The van der Waals surface area contributed by atoms with E-state index in [1.165, 1.54) is 7.11 Å². The van der Waals surface area contributed by atoms with Crippen molar-refractivity contribution < 1.29 is 19.1 Å². The van der Waals surface area contributed by atoms with Gasteiger partial charge in [0.1, 0.15) is 0 Å². The van der Waals surface area contributed by atoms with Crippen molar-refractivity contribution in [2.75, 3.05) is 13.7 Å². The molecule has 1 aromatic carbocycles. The number of methoxy groups -OCH3 is 1. The average Bonchev–Trinajstić information content (AvgIpc) is 2.97. The average molecular weight is 321 g/mol. The van der Waals surface area contributed by atoms with Gasteiger partial charge < -0.3 is 20.5 Å². The second-order valence-electron chi connectivity index (χ2n) is 4.45. The maximum absolute atomic E-state index is 11.8. The number of nitrogens with zero attached hydrogens (tertiary/aromatic N) is 1. The summed E-state index contributed by atoms with van der Waals surface area (Å²) in [6.45, 7) is -0.0842. The second-order valence-corrected chi connectivity index (χ2v) is 4.45. The summed E-state index contributed by atoms with van der Waals surface area (Å²) >= 11 is 0. The fourth-order valence-electron chi connectivity index (χ4n) is 1.73. The Kier molecular flexibility index (Phi) is 4.97. The van der Waals surface area contributed by atoms with Gasteiger partial charge in [-0.15, -0.1) is 5.10 Å². The number of carbonyl (C=O) groups is 2. The smallest absolute Gasteiger partial charge is 0.341 e. The van der Waals surface area contributed by atoms with Gasteiger partial charge in [-0.2, -0.15) is 0 Å². The van der Waals surface area contributed by atoms with Crippen LogP contribution in [0.3, 0.4) is 0 Å². The molecule has 2 aromatic rings. The highest BCUT2D eigenvalue weighted by Gasteiger charge is 2.11. The van der Waals surface area contributed by atoms with Gasteiger partial charge in [0, 0.05) is 6.54 Å². The van der Waals surface area contributed by atoms with Crippen molar-refractivity contribution in [1.29, 1.82) is 0 Å². The lowest BCUT2D eigenvalue weighted by Gasteiger charge is -2.11. The van der Waals surface area contributed by atoms with E-state index in [9.17, 15) is 14.4 Å². The SMILES string of the molecule is COc1cc(CNC(=O)c2n[nH]c(=O)[nH]2)ccc1OCC(N)=O. The number of nitrogens with two attached hydrogens (primary N) is 1. The van der Waals surface area contributed by atoms with E-state index < -0.39 is 17.5 Å². The van der Waals surface area contributed by atoms with Crippen LogP contribution in [0.1, 0.15) is 16.2 Å². The number of benzene rings is 1. The molecule has 1 heterocycles. The van der Waals surface area contributed by atoms with E-state index in [0.29, 0.717) is 11.5 Å². The monoisotopic (exact) mass is 321 g/mol. The van der Waals surface area contributed by atoms with Gasteiger partial charge in [0.25, 0.3) is 11.8 Å². The largest absolute Gasteiger partial charge is 0.493 e. The lowest BCUT2D eigenvalue weighted by Crippen LogP contribution is -2.24. The number of carbonyl (C=O) groups excluding carboxylic acids is 2. The Balaban J connectivity index is 2.01. The van der Waals surface area contributed by atoms with E-state index in [-0.39, 0.29) is 19.0 Å². The van der Waals surface area contributed by atoms with Crippen molar-refractivity contribution in [2.45, 2.75) is 6.54 Å². The Bertz CT molecular complexity index is 766. The van der Waals surface area contributed by atoms with Crippen LogP contribution in [0.5, 0.6) is 11.5 Å². The molecule has 0 unspecified atom stereocenters. The maximum atomic E-state index is 11.8. The minimum absolute atomic E-state index is 0.108. The summed E-state index contributed by atoms with van der Waals surface area (Å²) < 4.78 is 10.4. The van der Waals surface area contributed by atoms with Gasteiger partial charge in [-0.1, -0.05) is 6.07 Å². The molecule has 0 aliphatic rings. The quantitative estimate of drug-likeness (QED) is 0.508. The fourth-order valence-corrected chi connectivity index (χ4v) is 1.73. The van der Waals surface area contributed by atoms with E-state index in [1.807, 2.05) is 0 Å². The van der Waals surface area contributed by atoms with Crippen LogP contribution in [0.25, 0.3) is 0 Å². The predicted molar refractivity (Wildman–Crippen MR) is 78.1 cm³/mol. The van der Waals surface area contributed by atoms with Crippen LogP contribution in [0.4, 0.5) is 0 Å². The van der Waals surface area contributed by atoms with Crippen molar-refractivity contribution in [3.8, 4) is 11.5 Å². The summed E-state index contributed by atoms with van der Waals surface area (Å²) in [5.41, 5.74) is 5.17. The Labute approximate surface area is 130 Å². The maximum Gasteiger partial charge on any atom is 0.341 e. The zero-order valence-corrected chi connectivity index (χ0v) is 12.2. The van der Waals surface area contributed by atoms with Crippen LogP contribution in [-0.2, 0) is 11.3 Å². The molecule has 0 aliphatic heterocycles. The molecule has 0 radical (unpaired) electrons. The molecule has 0 bridgehead atoms. The van der Waals surface area contributed by atoms with E-state index in [2.05, 4.69) is 20.5 Å². The molecule has 1 aromatic heterocycles. The third kappa shape index (κ3) is 4.33. The Hall–Kier alpha value is -3.30. The number of rotatable bonds is 7. The normalized spacial score (nSPS) is 10.1. The molecule has 23 heavy (non-hydrogen) atoms. The summed E-state index contributed by atoms with van der Waals surface area (Å²) in [4.78, 5) is 35.6. The number of aromatic amines is 2. The van der Waals surface area contributed by atoms with E-state index in [0.717, 1.165) is 5.56 Å². The molecule has 0 aliphatic carbocycles. The number of primary amides is 1. The summed E-state index contributed by atoms with van der Waals surface area (Å²) in [7, 11) is 1.45. The van der Waals surface area contributed by atoms with Gasteiger partial charge in [-0.3, -0.25) is 14.6 Å². The first-order valence-electron chi connectivity index (χ1n) is 6.50. The predicted octanol–water partition coefficient (Wildman–Crippen LogP) is -1.10. The first kappa shape index (κ1) is 16.1. The van der Waals surface area contributed by atoms with Crippen LogP contribution in [0.2, 0.25) is 0 Å². The summed E-state index contributed by atoms with van der Waals surface area (Å²) in [5.74, 6) is -0.486. The molecular formula is C13H15N5O5. The third-order valence-corrected chi connectivity index (χ3v) is 2.77. The molecule has 2 amide bonds. The number of hydrogen-bond donors (Lipinski definition) is 4. The Morgan fingerprint density at radius 2 is 2.13 bits per heavy atom. The van der Waals surface area contributed by atoms with E-state index >= 15 is 0 Å². The van der Waals surface area contributed by atoms with Gasteiger partial charge in [-0.25, -0.2) is 9.89 Å². The van der Waals surface area contributed by atoms with E-state index in [4.69, 9.17) is 15.2 Å². The molecule has 0 spiro atoms. The zero-order valence-electron chi connectivity index (χ0n) is 12.2. The summed E-state index contributed by atoms with van der Waals surface area (Å²) in [6, 6.07) is 4.93. The molecule has 0 saturated carbocycles. The molecule has 0 saturated heterocycles. The van der Waals surface area contributed by atoms with Crippen molar-refractivity contribution in [2.24, 2.45) is 5.73 Å². The van der Waals surface area contributed by atoms with Crippen molar-refractivity contribution in [1.82, 2.24) is 20.5 Å². The number of hydrogen-bond acceptors (Lipinski definition) is 6. The Morgan fingerprint density at radius 1 is 1.35 bits per heavy atom. The number of aromatic nitrogens is 3. The second kappa shape index (κ2) is 7.11. The highest BCUT2D eigenvalue weighted by atomic mass is 16.5. The minimum atomic E-state index is -0.601. The molecule has 10 heteroatoms. The van der Waals surface area contributed by atoms with Gasteiger partial charge in [-0.05, 0) is 17.7 Å². The molecule has 122 valence electrons. The summed E-state index contributed by atoms with van der Waals surface area (Å²) in [5, 5.41) is 8.21.